The first-order valence-electron chi connectivity index (χ1n) is 5.64. The van der Waals surface area contributed by atoms with Crippen molar-refractivity contribution in [3.8, 4) is 0 Å². The Labute approximate surface area is 100 Å². The molecule has 0 aromatic rings. The minimum atomic E-state index is -1.11. The standard InChI is InChI=1S/C11H19NO3S/c1-12(9-5-3-2-4-6-9)10(13)7-16-8-11(14)15/h9H,2-8H2,1H3,(H,14,15)/p-1. The van der Waals surface area contributed by atoms with E-state index in [9.17, 15) is 14.7 Å². The molecule has 0 spiro atoms. The molecule has 0 heterocycles. The van der Waals surface area contributed by atoms with E-state index in [0.29, 0.717) is 6.04 Å². The van der Waals surface area contributed by atoms with Gasteiger partial charge >= 0.3 is 0 Å². The number of carboxylic acids is 1. The Bertz CT molecular complexity index is 252. The zero-order chi connectivity index (χ0) is 12.0. The largest absolute Gasteiger partial charge is 0.549 e. The molecule has 1 rings (SSSR count). The number of carbonyl (C=O) groups excluding carboxylic acids is 2. The number of carboxylic acid groups (broad SMARTS) is 1. The number of thioether (sulfide) groups is 1. The summed E-state index contributed by atoms with van der Waals surface area (Å²) >= 11 is 1.11. The zero-order valence-corrected chi connectivity index (χ0v) is 10.4. The van der Waals surface area contributed by atoms with Gasteiger partial charge in [-0.1, -0.05) is 19.3 Å². The number of rotatable bonds is 5. The molecule has 0 unspecified atom stereocenters. The number of aliphatic carboxylic acids is 1. The zero-order valence-electron chi connectivity index (χ0n) is 9.61. The van der Waals surface area contributed by atoms with Crippen molar-refractivity contribution in [2.24, 2.45) is 0 Å². The summed E-state index contributed by atoms with van der Waals surface area (Å²) in [6.45, 7) is 0. The molecule has 4 nitrogen and oxygen atoms in total. The minimum Gasteiger partial charge on any atom is -0.549 e. The Hall–Kier alpha value is -0.710. The van der Waals surface area contributed by atoms with E-state index in [1.807, 2.05) is 7.05 Å². The van der Waals surface area contributed by atoms with Gasteiger partial charge in [0.25, 0.3) is 0 Å². The van der Waals surface area contributed by atoms with Crippen molar-refractivity contribution in [3.05, 3.63) is 0 Å². The first-order valence-corrected chi connectivity index (χ1v) is 6.80. The van der Waals surface area contributed by atoms with Crippen LogP contribution in [-0.2, 0) is 9.59 Å². The second-order valence-corrected chi connectivity index (χ2v) is 5.15. The highest BCUT2D eigenvalue weighted by atomic mass is 32.2. The van der Waals surface area contributed by atoms with Gasteiger partial charge in [0.1, 0.15) is 0 Å². The Kier molecular flexibility index (Phi) is 5.66. The average molecular weight is 244 g/mol. The third-order valence-corrected chi connectivity index (χ3v) is 3.85. The maximum atomic E-state index is 11.7. The maximum absolute atomic E-state index is 11.7. The van der Waals surface area contributed by atoms with Gasteiger partial charge in [-0.3, -0.25) is 4.79 Å². The lowest BCUT2D eigenvalue weighted by molar-refractivity contribution is -0.301. The summed E-state index contributed by atoms with van der Waals surface area (Å²) < 4.78 is 0. The van der Waals surface area contributed by atoms with Crippen LogP contribution >= 0.6 is 11.8 Å². The Morgan fingerprint density at radius 1 is 1.25 bits per heavy atom. The van der Waals surface area contributed by atoms with Gasteiger partial charge in [0.15, 0.2) is 0 Å². The van der Waals surface area contributed by atoms with Crippen LogP contribution in [0, 0.1) is 0 Å². The average Bonchev–Trinajstić information content (AvgIpc) is 2.28. The molecular weight excluding hydrogens is 226 g/mol. The summed E-state index contributed by atoms with van der Waals surface area (Å²) in [6, 6.07) is 0.352. The molecule has 1 amide bonds. The smallest absolute Gasteiger partial charge is 0.232 e. The third kappa shape index (κ3) is 4.43. The van der Waals surface area contributed by atoms with E-state index in [1.165, 1.54) is 19.3 Å². The van der Waals surface area contributed by atoms with Crippen molar-refractivity contribution in [1.29, 1.82) is 0 Å². The Morgan fingerprint density at radius 3 is 2.44 bits per heavy atom. The molecule has 0 bridgehead atoms. The van der Waals surface area contributed by atoms with Gasteiger partial charge < -0.3 is 14.8 Å². The lowest BCUT2D eigenvalue weighted by atomic mass is 9.94. The number of hydrogen-bond acceptors (Lipinski definition) is 4. The molecule has 92 valence electrons. The third-order valence-electron chi connectivity index (χ3n) is 2.96. The second kappa shape index (κ2) is 6.78. The van der Waals surface area contributed by atoms with Crippen LogP contribution in [0.5, 0.6) is 0 Å². The van der Waals surface area contributed by atoms with Crippen molar-refractivity contribution in [1.82, 2.24) is 4.90 Å². The normalized spacial score (nSPS) is 17.1. The Morgan fingerprint density at radius 2 is 1.88 bits per heavy atom. The second-order valence-electron chi connectivity index (χ2n) is 4.16. The lowest BCUT2D eigenvalue weighted by Gasteiger charge is -2.31. The predicted octanol–water partition coefficient (Wildman–Crippen LogP) is 0.261. The summed E-state index contributed by atoms with van der Waals surface area (Å²) in [5, 5.41) is 10.2. The van der Waals surface area contributed by atoms with Crippen LogP contribution < -0.4 is 5.11 Å². The first kappa shape index (κ1) is 13.4. The molecule has 1 aliphatic carbocycles. The van der Waals surface area contributed by atoms with Crippen molar-refractivity contribution >= 4 is 23.6 Å². The minimum absolute atomic E-state index is 0.0261. The summed E-state index contributed by atoms with van der Waals surface area (Å²) in [4.78, 5) is 23.7. The SMILES string of the molecule is CN(C(=O)CSCC(=O)[O-])C1CCCCC1. The van der Waals surface area contributed by atoms with Gasteiger partial charge in [0, 0.05) is 18.8 Å². The van der Waals surface area contributed by atoms with E-state index in [4.69, 9.17) is 0 Å². The summed E-state index contributed by atoms with van der Waals surface area (Å²) in [6.07, 6.45) is 5.79. The van der Waals surface area contributed by atoms with Crippen molar-refractivity contribution in [2.45, 2.75) is 38.1 Å². The fourth-order valence-electron chi connectivity index (χ4n) is 2.00. The molecule has 0 aromatic heterocycles. The molecule has 0 aliphatic heterocycles. The predicted molar refractivity (Wildman–Crippen MR) is 62.0 cm³/mol. The fourth-order valence-corrected chi connectivity index (χ4v) is 2.64. The van der Waals surface area contributed by atoms with Crippen LogP contribution in [0.15, 0.2) is 0 Å². The van der Waals surface area contributed by atoms with E-state index in [-0.39, 0.29) is 17.4 Å². The molecule has 16 heavy (non-hydrogen) atoms. The van der Waals surface area contributed by atoms with E-state index in [2.05, 4.69) is 0 Å². The number of nitrogens with zero attached hydrogens (tertiary/aromatic N) is 1. The molecule has 0 N–H and O–H groups in total. The van der Waals surface area contributed by atoms with Crippen LogP contribution in [0.2, 0.25) is 0 Å². The number of hydrogen-bond donors (Lipinski definition) is 0. The maximum Gasteiger partial charge on any atom is 0.232 e. The van der Waals surface area contributed by atoms with Crippen molar-refractivity contribution in [2.75, 3.05) is 18.6 Å². The van der Waals surface area contributed by atoms with E-state index in [1.54, 1.807) is 4.90 Å². The van der Waals surface area contributed by atoms with Crippen LogP contribution in [0.3, 0.4) is 0 Å². The summed E-state index contributed by atoms with van der Waals surface area (Å²) in [7, 11) is 1.82. The van der Waals surface area contributed by atoms with Gasteiger partial charge in [0.05, 0.1) is 11.7 Å². The Balaban J connectivity index is 2.26. The van der Waals surface area contributed by atoms with Crippen molar-refractivity contribution < 1.29 is 14.7 Å². The van der Waals surface area contributed by atoms with Gasteiger partial charge in [-0.15, -0.1) is 11.8 Å². The van der Waals surface area contributed by atoms with Crippen molar-refractivity contribution in [3.63, 3.8) is 0 Å². The van der Waals surface area contributed by atoms with Crippen LogP contribution in [0.25, 0.3) is 0 Å². The molecular formula is C11H18NO3S-. The number of amides is 1. The fraction of sp³-hybridized carbons (Fsp3) is 0.818. The molecule has 0 aromatic carbocycles. The summed E-state index contributed by atoms with van der Waals surface area (Å²) in [5.41, 5.74) is 0. The van der Waals surface area contributed by atoms with Gasteiger partial charge in [-0.2, -0.15) is 0 Å². The topological polar surface area (TPSA) is 60.4 Å². The molecule has 1 saturated carbocycles. The highest BCUT2D eigenvalue weighted by molar-refractivity contribution is 8.00. The van der Waals surface area contributed by atoms with E-state index >= 15 is 0 Å². The van der Waals surface area contributed by atoms with Gasteiger partial charge in [0.2, 0.25) is 5.91 Å². The lowest BCUT2D eigenvalue weighted by Crippen LogP contribution is -2.39. The highest BCUT2D eigenvalue weighted by Gasteiger charge is 2.21. The van der Waals surface area contributed by atoms with E-state index < -0.39 is 5.97 Å². The van der Waals surface area contributed by atoms with Gasteiger partial charge in [-0.05, 0) is 12.8 Å². The molecule has 0 radical (unpaired) electrons. The van der Waals surface area contributed by atoms with Crippen LogP contribution in [-0.4, -0.2) is 41.4 Å². The molecule has 1 aliphatic rings. The highest BCUT2D eigenvalue weighted by Crippen LogP contribution is 2.22. The number of carbonyl (C=O) groups is 2. The molecule has 1 fully saturated rings. The van der Waals surface area contributed by atoms with Crippen LogP contribution in [0.1, 0.15) is 32.1 Å². The monoisotopic (exact) mass is 244 g/mol. The summed E-state index contributed by atoms with van der Waals surface area (Å²) in [5.74, 6) is -0.957. The quantitative estimate of drug-likeness (QED) is 0.696. The van der Waals surface area contributed by atoms with Gasteiger partial charge in [-0.25, -0.2) is 0 Å². The van der Waals surface area contributed by atoms with Crippen LogP contribution in [0.4, 0.5) is 0 Å². The molecule has 0 atom stereocenters. The molecule has 0 saturated heterocycles. The first-order chi connectivity index (χ1) is 7.61. The van der Waals surface area contributed by atoms with E-state index in [0.717, 1.165) is 24.6 Å². The molecule has 5 heteroatoms.